The molecule has 0 heterocycles. The fraction of sp³-hybridized carbons (Fsp3) is 0.182. The van der Waals surface area contributed by atoms with Crippen LogP contribution in [-0.2, 0) is 4.79 Å². The number of amides is 1. The quantitative estimate of drug-likeness (QED) is 0.399. The maximum Gasteiger partial charge on any atom is 0.243 e. The zero-order chi connectivity index (χ0) is 19.8. The van der Waals surface area contributed by atoms with Gasteiger partial charge in [-0.3, -0.25) is 4.79 Å². The van der Waals surface area contributed by atoms with Crippen LogP contribution in [0.5, 0.6) is 11.5 Å². The van der Waals surface area contributed by atoms with E-state index >= 15 is 0 Å². The maximum absolute atomic E-state index is 12.0. The van der Waals surface area contributed by atoms with E-state index in [1.165, 1.54) is 0 Å². The monoisotopic (exact) mass is 440 g/mol. The molecule has 0 saturated carbocycles. The highest BCUT2D eigenvalue weighted by Crippen LogP contribution is 2.26. The summed E-state index contributed by atoms with van der Waals surface area (Å²) in [6.07, 6.45) is 1.83. The van der Waals surface area contributed by atoms with Gasteiger partial charge in [0, 0.05) is 10.0 Å². The molecule has 0 atom stereocenters. The molecule has 1 amide bonds. The van der Waals surface area contributed by atoms with Gasteiger partial charge in [-0.15, -0.1) is 0 Å². The van der Waals surface area contributed by atoms with Crippen LogP contribution in [0.15, 0.2) is 70.2 Å². The molecule has 144 valence electrons. The lowest BCUT2D eigenvalue weighted by molar-refractivity contribution is -0.121. The van der Waals surface area contributed by atoms with Crippen molar-refractivity contribution in [1.82, 2.24) is 5.43 Å². The minimum Gasteiger partial charge on any atom is -0.493 e. The summed E-state index contributed by atoms with van der Waals surface area (Å²) in [5.41, 5.74) is 3.39. The third kappa shape index (κ3) is 5.33. The fourth-order valence-electron chi connectivity index (χ4n) is 2.73. The second-order valence-corrected chi connectivity index (χ2v) is 6.90. The molecule has 3 rings (SSSR count). The van der Waals surface area contributed by atoms with Gasteiger partial charge in [0.15, 0.2) is 0 Å². The summed E-state index contributed by atoms with van der Waals surface area (Å²) in [6, 6.07) is 19.4. The number of fused-ring (bicyclic) bond motifs is 1. The van der Waals surface area contributed by atoms with Gasteiger partial charge in [0.25, 0.3) is 0 Å². The van der Waals surface area contributed by atoms with Gasteiger partial charge in [0.05, 0.1) is 25.8 Å². The minimum atomic E-state index is -0.218. The van der Waals surface area contributed by atoms with Gasteiger partial charge in [-0.05, 0) is 42.0 Å². The van der Waals surface area contributed by atoms with Crippen molar-refractivity contribution in [3.63, 3.8) is 0 Å². The van der Waals surface area contributed by atoms with Crippen molar-refractivity contribution in [2.45, 2.75) is 13.3 Å². The molecule has 0 aliphatic rings. The van der Waals surface area contributed by atoms with Gasteiger partial charge in [0.1, 0.15) is 11.5 Å². The number of carbonyl (C=O) groups is 1. The Bertz CT molecular complexity index is 988. The van der Waals surface area contributed by atoms with Crippen LogP contribution in [-0.4, -0.2) is 25.3 Å². The molecule has 6 heteroatoms. The average molecular weight is 441 g/mol. The summed E-state index contributed by atoms with van der Waals surface area (Å²) >= 11 is 3.38. The molecule has 3 aromatic rings. The first kappa shape index (κ1) is 19.9. The molecule has 0 fully saturated rings. The third-order valence-corrected chi connectivity index (χ3v) is 4.50. The van der Waals surface area contributed by atoms with Crippen molar-refractivity contribution in [3.8, 4) is 11.5 Å². The van der Waals surface area contributed by atoms with Crippen LogP contribution >= 0.6 is 15.9 Å². The van der Waals surface area contributed by atoms with Crippen molar-refractivity contribution < 1.29 is 14.3 Å². The second kappa shape index (κ2) is 9.90. The van der Waals surface area contributed by atoms with Gasteiger partial charge in [-0.1, -0.05) is 52.3 Å². The molecule has 0 unspecified atom stereocenters. The Morgan fingerprint density at radius 2 is 1.96 bits per heavy atom. The van der Waals surface area contributed by atoms with Crippen LogP contribution in [0.4, 0.5) is 0 Å². The first-order valence-electron chi connectivity index (χ1n) is 9.02. The van der Waals surface area contributed by atoms with E-state index in [2.05, 4.69) is 26.5 Å². The number of halogens is 1. The zero-order valence-electron chi connectivity index (χ0n) is 15.5. The second-order valence-electron chi connectivity index (χ2n) is 5.98. The molecule has 0 radical (unpaired) electrons. The highest BCUT2D eigenvalue weighted by atomic mass is 79.9. The standard InChI is InChI=1S/C22H21BrN2O3/c1-2-27-21-11-10-16-6-3-4-9-19(16)20(21)15-24-25-22(26)12-13-28-18-8-5-7-17(23)14-18/h3-11,14-15H,2,12-13H2,1H3,(H,25,26). The topological polar surface area (TPSA) is 59.9 Å². The molecule has 28 heavy (non-hydrogen) atoms. The van der Waals surface area contributed by atoms with E-state index in [1.54, 1.807) is 6.21 Å². The first-order chi connectivity index (χ1) is 13.7. The number of carbonyl (C=O) groups excluding carboxylic acids is 1. The molecule has 0 saturated heterocycles. The van der Waals surface area contributed by atoms with E-state index in [1.807, 2.05) is 67.6 Å². The highest BCUT2D eigenvalue weighted by Gasteiger charge is 2.07. The predicted molar refractivity (Wildman–Crippen MR) is 115 cm³/mol. The van der Waals surface area contributed by atoms with Crippen molar-refractivity contribution in [2.75, 3.05) is 13.2 Å². The number of ether oxygens (including phenoxy) is 2. The Morgan fingerprint density at radius 3 is 2.79 bits per heavy atom. The normalized spacial score (nSPS) is 10.9. The lowest BCUT2D eigenvalue weighted by atomic mass is 10.0. The van der Waals surface area contributed by atoms with Gasteiger partial charge in [0.2, 0.25) is 5.91 Å². The molecule has 0 aliphatic carbocycles. The largest absolute Gasteiger partial charge is 0.493 e. The van der Waals surface area contributed by atoms with Crippen LogP contribution in [0.25, 0.3) is 10.8 Å². The number of hydrogen-bond acceptors (Lipinski definition) is 4. The van der Waals surface area contributed by atoms with E-state index in [0.717, 1.165) is 26.6 Å². The lowest BCUT2D eigenvalue weighted by Crippen LogP contribution is -2.20. The summed E-state index contributed by atoms with van der Waals surface area (Å²) < 4.78 is 12.2. The minimum absolute atomic E-state index is 0.206. The van der Waals surface area contributed by atoms with Crippen LogP contribution < -0.4 is 14.9 Å². The first-order valence-corrected chi connectivity index (χ1v) is 9.81. The van der Waals surface area contributed by atoms with Crippen LogP contribution in [0.1, 0.15) is 18.9 Å². The number of hydrazone groups is 1. The van der Waals surface area contributed by atoms with Gasteiger partial charge < -0.3 is 9.47 Å². The molecule has 5 nitrogen and oxygen atoms in total. The van der Waals surface area contributed by atoms with E-state index < -0.39 is 0 Å². The fourth-order valence-corrected chi connectivity index (χ4v) is 3.11. The van der Waals surface area contributed by atoms with E-state index in [0.29, 0.717) is 12.4 Å². The summed E-state index contributed by atoms with van der Waals surface area (Å²) in [5.74, 6) is 1.23. The number of nitrogens with one attached hydrogen (secondary N) is 1. The molecular weight excluding hydrogens is 420 g/mol. The third-order valence-electron chi connectivity index (χ3n) is 4.01. The smallest absolute Gasteiger partial charge is 0.243 e. The van der Waals surface area contributed by atoms with Crippen LogP contribution in [0, 0.1) is 0 Å². The summed E-state index contributed by atoms with van der Waals surface area (Å²) in [5, 5.41) is 6.21. The van der Waals surface area contributed by atoms with Crippen molar-refractivity contribution in [3.05, 3.63) is 70.7 Å². The predicted octanol–water partition coefficient (Wildman–Crippen LogP) is 4.92. The Hall–Kier alpha value is -2.86. The van der Waals surface area contributed by atoms with Crippen LogP contribution in [0.3, 0.4) is 0 Å². The SMILES string of the molecule is CCOc1ccc2ccccc2c1C=NNC(=O)CCOc1cccc(Br)c1. The average Bonchev–Trinajstić information content (AvgIpc) is 2.69. The Kier molecular flexibility index (Phi) is 7.03. The molecule has 0 aromatic heterocycles. The summed E-state index contributed by atoms with van der Waals surface area (Å²) in [6.45, 7) is 2.76. The Morgan fingerprint density at radius 1 is 1.11 bits per heavy atom. The number of benzene rings is 3. The van der Waals surface area contributed by atoms with Gasteiger partial charge >= 0.3 is 0 Å². The highest BCUT2D eigenvalue weighted by molar-refractivity contribution is 9.10. The molecule has 0 bridgehead atoms. The Labute approximate surface area is 172 Å². The lowest BCUT2D eigenvalue weighted by Gasteiger charge is -2.10. The molecule has 0 aliphatic heterocycles. The van der Waals surface area contributed by atoms with E-state index in [4.69, 9.17) is 9.47 Å². The Balaban J connectivity index is 1.60. The van der Waals surface area contributed by atoms with Gasteiger partial charge in [-0.25, -0.2) is 5.43 Å². The van der Waals surface area contributed by atoms with E-state index in [9.17, 15) is 4.79 Å². The van der Waals surface area contributed by atoms with E-state index in [-0.39, 0.29) is 18.9 Å². The van der Waals surface area contributed by atoms with Crippen molar-refractivity contribution >= 4 is 38.8 Å². The van der Waals surface area contributed by atoms with Crippen LogP contribution in [0.2, 0.25) is 0 Å². The zero-order valence-corrected chi connectivity index (χ0v) is 17.1. The van der Waals surface area contributed by atoms with Gasteiger partial charge in [-0.2, -0.15) is 5.10 Å². The summed E-state index contributed by atoms with van der Waals surface area (Å²) in [7, 11) is 0. The molecular formula is C22H21BrN2O3. The van der Waals surface area contributed by atoms with Crippen molar-refractivity contribution in [1.29, 1.82) is 0 Å². The molecule has 0 spiro atoms. The number of hydrogen-bond donors (Lipinski definition) is 1. The van der Waals surface area contributed by atoms with Crippen molar-refractivity contribution in [2.24, 2.45) is 5.10 Å². The summed E-state index contributed by atoms with van der Waals surface area (Å²) in [4.78, 5) is 12.0. The maximum atomic E-state index is 12.0. The molecule has 1 N–H and O–H groups in total. The number of nitrogens with zero attached hydrogens (tertiary/aromatic N) is 1. The number of rotatable bonds is 8. The molecule has 3 aromatic carbocycles.